The molecule has 0 aromatic heterocycles. The van der Waals surface area contributed by atoms with Crippen LogP contribution in [-0.2, 0) is 0 Å². The zero-order valence-electron chi connectivity index (χ0n) is 11.6. The zero-order valence-corrected chi connectivity index (χ0v) is 12.4. The van der Waals surface area contributed by atoms with Crippen LogP contribution in [0.4, 0.5) is 4.39 Å². The summed E-state index contributed by atoms with van der Waals surface area (Å²) in [5.41, 5.74) is 1.09. The average Bonchev–Trinajstić information content (AvgIpc) is 2.76. The van der Waals surface area contributed by atoms with Gasteiger partial charge >= 0.3 is 0 Å². The third kappa shape index (κ3) is 2.69. The molecule has 0 spiro atoms. The topological polar surface area (TPSA) is 0 Å². The maximum Gasteiger partial charge on any atom is 0.131 e. The van der Waals surface area contributed by atoms with Crippen molar-refractivity contribution in [3.05, 3.63) is 47.8 Å². The number of fused-ring (bicyclic) bond motifs is 1. The van der Waals surface area contributed by atoms with Gasteiger partial charge in [-0.1, -0.05) is 56.0 Å². The van der Waals surface area contributed by atoms with Crippen LogP contribution in [0.1, 0.15) is 49.5 Å². The lowest BCUT2D eigenvalue weighted by atomic mass is 9.89. The van der Waals surface area contributed by atoms with Gasteiger partial charge in [0, 0.05) is 5.39 Å². The van der Waals surface area contributed by atoms with Crippen molar-refractivity contribution in [2.75, 3.05) is 0 Å². The van der Waals surface area contributed by atoms with Gasteiger partial charge < -0.3 is 0 Å². The molecule has 1 aliphatic carbocycles. The Kier molecular flexibility index (Phi) is 4.26. The molecule has 1 aliphatic rings. The predicted octanol–water partition coefficient (Wildman–Crippen LogP) is 6.23. The fourth-order valence-electron chi connectivity index (χ4n) is 3.38. The van der Waals surface area contributed by atoms with Gasteiger partial charge in [-0.05, 0) is 35.8 Å². The normalized spacial score (nSPS) is 18.9. The van der Waals surface area contributed by atoms with Crippen LogP contribution in [0.5, 0.6) is 0 Å². The summed E-state index contributed by atoms with van der Waals surface area (Å²) in [7, 11) is 0. The van der Waals surface area contributed by atoms with Crippen molar-refractivity contribution in [3.8, 4) is 0 Å². The summed E-state index contributed by atoms with van der Waals surface area (Å²) in [5, 5.41) is 1.65. The molecule has 1 atom stereocenters. The van der Waals surface area contributed by atoms with E-state index in [4.69, 9.17) is 11.6 Å². The van der Waals surface area contributed by atoms with Gasteiger partial charge in [-0.3, -0.25) is 0 Å². The van der Waals surface area contributed by atoms with Crippen molar-refractivity contribution in [2.45, 2.75) is 43.9 Å². The second kappa shape index (κ2) is 6.13. The summed E-state index contributed by atoms with van der Waals surface area (Å²) >= 11 is 6.77. The summed E-state index contributed by atoms with van der Waals surface area (Å²) in [6, 6.07) is 11.1. The number of rotatable bonds is 2. The standard InChI is InChI=1S/C18H20ClF/c19-18(13-7-3-1-2-4-8-13)16-11-12-17(20)15-10-6-5-9-14(15)16/h5-6,9-13,18H,1-4,7-8H2. The molecule has 0 bridgehead atoms. The van der Waals surface area contributed by atoms with Gasteiger partial charge in [-0.15, -0.1) is 11.6 Å². The highest BCUT2D eigenvalue weighted by Gasteiger charge is 2.24. The van der Waals surface area contributed by atoms with E-state index in [1.165, 1.54) is 38.5 Å². The van der Waals surface area contributed by atoms with E-state index < -0.39 is 0 Å². The Labute approximate surface area is 124 Å². The fourth-order valence-corrected chi connectivity index (χ4v) is 3.83. The smallest absolute Gasteiger partial charge is 0.131 e. The number of hydrogen-bond donors (Lipinski definition) is 0. The minimum absolute atomic E-state index is 0.00130. The van der Waals surface area contributed by atoms with Crippen molar-refractivity contribution in [3.63, 3.8) is 0 Å². The molecule has 2 aromatic carbocycles. The number of benzene rings is 2. The third-order valence-corrected chi connectivity index (χ3v) is 5.11. The lowest BCUT2D eigenvalue weighted by molar-refractivity contribution is 0.446. The Bertz CT molecular complexity index is 585. The van der Waals surface area contributed by atoms with Crippen molar-refractivity contribution < 1.29 is 4.39 Å². The first-order valence-corrected chi connectivity index (χ1v) is 8.02. The van der Waals surface area contributed by atoms with E-state index >= 15 is 0 Å². The Morgan fingerprint density at radius 2 is 1.55 bits per heavy atom. The van der Waals surface area contributed by atoms with E-state index in [-0.39, 0.29) is 11.2 Å². The van der Waals surface area contributed by atoms with Crippen LogP contribution in [0.25, 0.3) is 10.8 Å². The molecule has 20 heavy (non-hydrogen) atoms. The van der Waals surface area contributed by atoms with Crippen molar-refractivity contribution in [1.82, 2.24) is 0 Å². The molecule has 0 nitrogen and oxygen atoms in total. The van der Waals surface area contributed by atoms with Crippen molar-refractivity contribution in [2.24, 2.45) is 5.92 Å². The van der Waals surface area contributed by atoms with Crippen LogP contribution < -0.4 is 0 Å². The van der Waals surface area contributed by atoms with Crippen molar-refractivity contribution >= 4 is 22.4 Å². The molecule has 106 valence electrons. The minimum Gasteiger partial charge on any atom is -0.206 e. The van der Waals surface area contributed by atoms with Gasteiger partial charge in [-0.25, -0.2) is 4.39 Å². The molecule has 0 radical (unpaired) electrons. The SMILES string of the molecule is Fc1ccc(C(Cl)C2CCCCCC2)c2ccccc12. The summed E-state index contributed by atoms with van der Waals surface area (Å²) in [4.78, 5) is 0. The molecule has 2 heteroatoms. The Balaban J connectivity index is 1.98. The monoisotopic (exact) mass is 290 g/mol. The van der Waals surface area contributed by atoms with Gasteiger partial charge in [0.2, 0.25) is 0 Å². The molecule has 0 N–H and O–H groups in total. The molecule has 2 aromatic rings. The minimum atomic E-state index is -0.158. The van der Waals surface area contributed by atoms with E-state index in [0.29, 0.717) is 11.3 Å². The molecular weight excluding hydrogens is 271 g/mol. The molecule has 3 rings (SSSR count). The molecular formula is C18H20ClF. The largest absolute Gasteiger partial charge is 0.206 e. The van der Waals surface area contributed by atoms with Crippen LogP contribution in [0.15, 0.2) is 36.4 Å². The van der Waals surface area contributed by atoms with Crippen LogP contribution in [0, 0.1) is 11.7 Å². The first-order valence-electron chi connectivity index (χ1n) is 7.58. The summed E-state index contributed by atoms with van der Waals surface area (Å²) in [6.45, 7) is 0. The van der Waals surface area contributed by atoms with Crippen LogP contribution in [0.3, 0.4) is 0 Å². The molecule has 0 aliphatic heterocycles. The van der Waals surface area contributed by atoms with Crippen LogP contribution in [0.2, 0.25) is 0 Å². The highest BCUT2D eigenvalue weighted by atomic mass is 35.5. The first-order chi connectivity index (χ1) is 9.77. The van der Waals surface area contributed by atoms with Gasteiger partial charge in [0.25, 0.3) is 0 Å². The lowest BCUT2D eigenvalue weighted by Crippen LogP contribution is -2.08. The van der Waals surface area contributed by atoms with E-state index in [0.717, 1.165) is 10.9 Å². The Hall–Kier alpha value is -1.08. The van der Waals surface area contributed by atoms with Crippen LogP contribution >= 0.6 is 11.6 Å². The fraction of sp³-hybridized carbons (Fsp3) is 0.444. The highest BCUT2D eigenvalue weighted by Crippen LogP contribution is 2.40. The third-order valence-electron chi connectivity index (χ3n) is 4.52. The van der Waals surface area contributed by atoms with E-state index in [9.17, 15) is 4.39 Å². The van der Waals surface area contributed by atoms with E-state index in [2.05, 4.69) is 0 Å². The maximum atomic E-state index is 13.9. The number of halogens is 2. The van der Waals surface area contributed by atoms with Crippen molar-refractivity contribution in [1.29, 1.82) is 0 Å². The molecule has 1 fully saturated rings. The van der Waals surface area contributed by atoms with Gasteiger partial charge in [0.1, 0.15) is 5.82 Å². The second-order valence-corrected chi connectivity index (χ2v) is 6.31. The first kappa shape index (κ1) is 13.9. The summed E-state index contributed by atoms with van der Waals surface area (Å²) in [6.07, 6.45) is 7.58. The molecule has 0 heterocycles. The molecule has 0 saturated heterocycles. The zero-order chi connectivity index (χ0) is 13.9. The van der Waals surface area contributed by atoms with Gasteiger partial charge in [0.05, 0.1) is 5.38 Å². The molecule has 0 amide bonds. The quantitative estimate of drug-likeness (QED) is 0.454. The van der Waals surface area contributed by atoms with E-state index in [1.807, 2.05) is 30.3 Å². The second-order valence-electron chi connectivity index (χ2n) is 5.84. The maximum absolute atomic E-state index is 13.9. The summed E-state index contributed by atoms with van der Waals surface area (Å²) < 4.78 is 13.9. The van der Waals surface area contributed by atoms with Gasteiger partial charge in [0.15, 0.2) is 0 Å². The number of alkyl halides is 1. The Morgan fingerprint density at radius 1 is 0.900 bits per heavy atom. The predicted molar refractivity (Wildman–Crippen MR) is 83.7 cm³/mol. The highest BCUT2D eigenvalue weighted by molar-refractivity contribution is 6.22. The van der Waals surface area contributed by atoms with E-state index in [1.54, 1.807) is 6.07 Å². The van der Waals surface area contributed by atoms with Crippen LogP contribution in [-0.4, -0.2) is 0 Å². The van der Waals surface area contributed by atoms with Gasteiger partial charge in [-0.2, -0.15) is 0 Å². The average molecular weight is 291 g/mol. The number of hydrogen-bond acceptors (Lipinski definition) is 0. The molecule has 1 saturated carbocycles. The lowest BCUT2D eigenvalue weighted by Gasteiger charge is -2.22. The Morgan fingerprint density at radius 3 is 2.25 bits per heavy atom. The summed E-state index contributed by atoms with van der Waals surface area (Å²) in [5.74, 6) is 0.363. The molecule has 1 unspecified atom stereocenters.